The molecule has 0 radical (unpaired) electrons. The molecule has 1 nitrogen and oxygen atoms in total. The first-order valence-electron chi connectivity index (χ1n) is 4.28. The van der Waals surface area contributed by atoms with Gasteiger partial charge in [0, 0.05) is 0 Å². The summed E-state index contributed by atoms with van der Waals surface area (Å²) in [5, 5.41) is 0. The van der Waals surface area contributed by atoms with Gasteiger partial charge in [0.15, 0.2) is 0 Å². The number of halogens is 1. The van der Waals surface area contributed by atoms with Gasteiger partial charge in [0.2, 0.25) is 5.75 Å². The van der Waals surface area contributed by atoms with Crippen LogP contribution < -0.4 is 0 Å². The summed E-state index contributed by atoms with van der Waals surface area (Å²) in [6.07, 6.45) is 0. The Kier molecular flexibility index (Phi) is 12.6. The molecule has 0 spiro atoms. The highest BCUT2D eigenvalue weighted by Crippen LogP contribution is 2.00. The van der Waals surface area contributed by atoms with Crippen LogP contribution in [-0.2, 0) is 4.79 Å². The van der Waals surface area contributed by atoms with Crippen molar-refractivity contribution in [1.82, 2.24) is 0 Å². The molecule has 0 aliphatic heterocycles. The van der Waals surface area contributed by atoms with Crippen molar-refractivity contribution in [3.8, 4) is 0 Å². The highest BCUT2D eigenvalue weighted by atomic mass is 35.5. The van der Waals surface area contributed by atoms with Crippen LogP contribution in [-0.4, -0.2) is 5.75 Å². The molecule has 0 aromatic heterocycles. The molecule has 0 N–H and O–H groups in total. The predicted octanol–water partition coefficient (Wildman–Crippen LogP) is 3.75. The standard InChI is InChI=1S/C8H10.C2H6.CHClO/c1-7-4-3-5-8(2)6-7;1-2;2-1-3/h3-6H,1-2H3;1-2H3;1H. The minimum absolute atomic E-state index is 0.222. The summed E-state index contributed by atoms with van der Waals surface area (Å²) in [5.41, 5.74) is 2.68. The monoisotopic (exact) mass is 200 g/mol. The van der Waals surface area contributed by atoms with Crippen molar-refractivity contribution in [1.29, 1.82) is 0 Å². The lowest BCUT2D eigenvalue weighted by Crippen LogP contribution is -1.71. The highest BCUT2D eigenvalue weighted by Gasteiger charge is 1.80. The van der Waals surface area contributed by atoms with E-state index < -0.39 is 0 Å². The van der Waals surface area contributed by atoms with Gasteiger partial charge < -0.3 is 0 Å². The van der Waals surface area contributed by atoms with Gasteiger partial charge in [-0.1, -0.05) is 49.2 Å². The molecule has 0 aliphatic rings. The summed E-state index contributed by atoms with van der Waals surface area (Å²) in [4.78, 5) is 8.57. The molecule has 0 amide bonds. The van der Waals surface area contributed by atoms with Crippen LogP contribution in [0.1, 0.15) is 25.0 Å². The van der Waals surface area contributed by atoms with Gasteiger partial charge in [0.05, 0.1) is 0 Å². The lowest BCUT2D eigenvalue weighted by molar-refractivity contribution is 0.569. The highest BCUT2D eigenvalue weighted by molar-refractivity contribution is 6.54. The summed E-state index contributed by atoms with van der Waals surface area (Å²) < 4.78 is 0. The van der Waals surface area contributed by atoms with Crippen LogP contribution in [0.4, 0.5) is 0 Å². The molecule has 0 bridgehead atoms. The van der Waals surface area contributed by atoms with Crippen molar-refractivity contribution < 1.29 is 4.79 Å². The Hall–Kier alpha value is -0.820. The summed E-state index contributed by atoms with van der Waals surface area (Å²) in [6.45, 7) is 8.21. The molecule has 2 heteroatoms. The zero-order chi connectivity index (χ0) is 10.7. The van der Waals surface area contributed by atoms with Gasteiger partial charge in [-0.2, -0.15) is 0 Å². The van der Waals surface area contributed by atoms with Crippen molar-refractivity contribution in [2.45, 2.75) is 27.7 Å². The van der Waals surface area contributed by atoms with Crippen molar-refractivity contribution in [2.75, 3.05) is 0 Å². The Labute approximate surface area is 85.7 Å². The third-order valence-electron chi connectivity index (χ3n) is 1.17. The fraction of sp³-hybridized carbons (Fsp3) is 0.364. The number of hydrogen-bond acceptors (Lipinski definition) is 1. The van der Waals surface area contributed by atoms with Crippen molar-refractivity contribution in [2.24, 2.45) is 0 Å². The predicted molar refractivity (Wildman–Crippen MR) is 59.9 cm³/mol. The van der Waals surface area contributed by atoms with Gasteiger partial charge in [-0.25, -0.2) is 0 Å². The van der Waals surface area contributed by atoms with E-state index in [1.807, 2.05) is 13.8 Å². The molecule has 0 fully saturated rings. The summed E-state index contributed by atoms with van der Waals surface area (Å²) >= 11 is 4.32. The Bertz CT molecular complexity index is 204. The Balaban J connectivity index is 0. The minimum Gasteiger partial charge on any atom is -0.285 e. The number of aryl methyl sites for hydroxylation is 2. The maximum atomic E-state index is 8.57. The Morgan fingerprint density at radius 3 is 1.62 bits per heavy atom. The van der Waals surface area contributed by atoms with Gasteiger partial charge in [-0.15, -0.1) is 0 Å². The van der Waals surface area contributed by atoms with E-state index in [1.165, 1.54) is 11.1 Å². The maximum Gasteiger partial charge on any atom is 0.208 e. The van der Waals surface area contributed by atoms with Crippen LogP contribution in [0.25, 0.3) is 0 Å². The van der Waals surface area contributed by atoms with Crippen LogP contribution in [0, 0.1) is 13.8 Å². The molecule has 0 unspecified atom stereocenters. The summed E-state index contributed by atoms with van der Waals surface area (Å²) in [7, 11) is 0. The van der Waals surface area contributed by atoms with Crippen molar-refractivity contribution in [3.05, 3.63) is 35.4 Å². The molecule has 0 atom stereocenters. The molecule has 0 heterocycles. The van der Waals surface area contributed by atoms with Gasteiger partial charge in [0.1, 0.15) is 0 Å². The van der Waals surface area contributed by atoms with Crippen LogP contribution in [0.15, 0.2) is 24.3 Å². The van der Waals surface area contributed by atoms with Gasteiger partial charge in [-0.3, -0.25) is 4.79 Å². The molecule has 74 valence electrons. The van der Waals surface area contributed by atoms with Gasteiger partial charge >= 0.3 is 0 Å². The maximum absolute atomic E-state index is 8.57. The fourth-order valence-corrected chi connectivity index (χ4v) is 0.807. The quantitative estimate of drug-likeness (QED) is 0.461. The Morgan fingerprint density at radius 2 is 1.46 bits per heavy atom. The number of benzene rings is 1. The topological polar surface area (TPSA) is 17.1 Å². The van der Waals surface area contributed by atoms with E-state index in [9.17, 15) is 0 Å². The molecular formula is C11H17ClO. The van der Waals surface area contributed by atoms with Crippen LogP contribution in [0.2, 0.25) is 0 Å². The van der Waals surface area contributed by atoms with Crippen LogP contribution in [0.3, 0.4) is 0 Å². The number of carbonyl (C=O) groups is 1. The number of carbonyl (C=O) groups excluding carboxylic acids is 1. The fourth-order valence-electron chi connectivity index (χ4n) is 0.807. The first kappa shape index (κ1) is 14.7. The lowest BCUT2D eigenvalue weighted by atomic mass is 10.2. The lowest BCUT2D eigenvalue weighted by Gasteiger charge is -1.90. The van der Waals surface area contributed by atoms with E-state index in [4.69, 9.17) is 4.79 Å². The smallest absolute Gasteiger partial charge is 0.208 e. The second kappa shape index (κ2) is 11.2. The summed E-state index contributed by atoms with van der Waals surface area (Å²) in [6, 6.07) is 8.45. The average Bonchev–Trinajstić information content (AvgIpc) is 2.08. The number of rotatable bonds is 0. The van der Waals surface area contributed by atoms with Gasteiger partial charge in [-0.05, 0) is 25.4 Å². The van der Waals surface area contributed by atoms with E-state index in [-0.39, 0.29) is 5.75 Å². The third-order valence-corrected chi connectivity index (χ3v) is 1.17. The molecular weight excluding hydrogens is 184 g/mol. The molecule has 0 saturated heterocycles. The van der Waals surface area contributed by atoms with E-state index in [1.54, 1.807) is 0 Å². The van der Waals surface area contributed by atoms with Crippen molar-refractivity contribution >= 4 is 17.3 Å². The zero-order valence-corrected chi connectivity index (χ0v) is 9.43. The van der Waals surface area contributed by atoms with E-state index in [0.29, 0.717) is 0 Å². The zero-order valence-electron chi connectivity index (χ0n) is 8.67. The van der Waals surface area contributed by atoms with Gasteiger partial charge in [0.25, 0.3) is 0 Å². The largest absolute Gasteiger partial charge is 0.285 e. The second-order valence-corrected chi connectivity index (χ2v) is 2.43. The molecule has 0 saturated carbocycles. The first-order valence-corrected chi connectivity index (χ1v) is 4.71. The molecule has 1 rings (SSSR count). The number of hydrogen-bond donors (Lipinski definition) is 0. The van der Waals surface area contributed by atoms with Crippen LogP contribution in [0.5, 0.6) is 0 Å². The Morgan fingerprint density at radius 1 is 1.15 bits per heavy atom. The van der Waals surface area contributed by atoms with E-state index >= 15 is 0 Å². The SMILES string of the molecule is CC.Cc1cccc(C)c1.O=CCl. The summed E-state index contributed by atoms with van der Waals surface area (Å²) in [5.74, 6) is 0.222. The van der Waals surface area contributed by atoms with Crippen molar-refractivity contribution in [3.63, 3.8) is 0 Å². The van der Waals surface area contributed by atoms with E-state index in [2.05, 4.69) is 49.7 Å². The molecule has 13 heavy (non-hydrogen) atoms. The van der Waals surface area contributed by atoms with Crippen LogP contribution >= 0.6 is 11.6 Å². The molecule has 0 aliphatic carbocycles. The average molecular weight is 201 g/mol. The second-order valence-electron chi connectivity index (χ2n) is 2.25. The minimum atomic E-state index is 0.222. The first-order chi connectivity index (χ1) is 6.20. The van der Waals surface area contributed by atoms with E-state index in [0.717, 1.165) is 0 Å². The molecule has 1 aromatic carbocycles. The third kappa shape index (κ3) is 11.2. The molecule has 1 aromatic rings. The normalized spacial score (nSPS) is 7.15.